The van der Waals surface area contributed by atoms with Crippen molar-refractivity contribution in [3.8, 4) is 0 Å². The van der Waals surface area contributed by atoms with Crippen LogP contribution in [0.15, 0.2) is 18.2 Å². The van der Waals surface area contributed by atoms with Gasteiger partial charge in [-0.15, -0.1) is 0 Å². The van der Waals surface area contributed by atoms with Crippen molar-refractivity contribution in [3.63, 3.8) is 0 Å². The summed E-state index contributed by atoms with van der Waals surface area (Å²) in [5.41, 5.74) is 7.08. The average Bonchev–Trinajstić information content (AvgIpc) is 2.14. The molecule has 1 aromatic rings. The van der Waals surface area contributed by atoms with Crippen LogP contribution in [0.3, 0.4) is 0 Å². The second kappa shape index (κ2) is 4.29. The van der Waals surface area contributed by atoms with Crippen molar-refractivity contribution in [2.75, 3.05) is 0 Å². The summed E-state index contributed by atoms with van der Waals surface area (Å²) in [5, 5.41) is 10.1. The van der Waals surface area contributed by atoms with Crippen molar-refractivity contribution < 1.29 is 14.7 Å². The van der Waals surface area contributed by atoms with Crippen molar-refractivity contribution in [3.05, 3.63) is 33.8 Å². The normalized spacial score (nSPS) is 11.2. The first-order valence-electron chi connectivity index (χ1n) is 4.07. The zero-order chi connectivity index (χ0) is 12.5. The van der Waals surface area contributed by atoms with Gasteiger partial charge >= 0.3 is 0 Å². The Hall–Kier alpha value is -1.30. The molecule has 1 rings (SSSR count). The van der Waals surface area contributed by atoms with E-state index < -0.39 is 17.4 Å². The molecule has 5 N–H and O–H groups in total. The van der Waals surface area contributed by atoms with Crippen LogP contribution >= 0.6 is 23.2 Å². The van der Waals surface area contributed by atoms with Gasteiger partial charge in [-0.2, -0.15) is 0 Å². The van der Waals surface area contributed by atoms with E-state index in [0.717, 1.165) is 0 Å². The number of aliphatic hydroxyl groups is 1. The number of nitrogens with two attached hydrogens (primary N) is 2. The molecule has 16 heavy (non-hydrogen) atoms. The van der Waals surface area contributed by atoms with Crippen molar-refractivity contribution in [1.82, 2.24) is 0 Å². The van der Waals surface area contributed by atoms with Crippen LogP contribution in [-0.4, -0.2) is 16.9 Å². The molecule has 7 heteroatoms. The molecule has 0 aliphatic heterocycles. The molecule has 0 atom stereocenters. The van der Waals surface area contributed by atoms with Gasteiger partial charge < -0.3 is 16.6 Å². The van der Waals surface area contributed by atoms with E-state index in [0.29, 0.717) is 0 Å². The third-order valence-electron chi connectivity index (χ3n) is 1.99. The van der Waals surface area contributed by atoms with Crippen molar-refractivity contribution >= 4 is 35.0 Å². The number of hydrogen-bond acceptors (Lipinski definition) is 3. The fraction of sp³-hybridized carbons (Fsp3) is 0.111. The van der Waals surface area contributed by atoms with Gasteiger partial charge in [0, 0.05) is 15.6 Å². The summed E-state index contributed by atoms with van der Waals surface area (Å²) in [6.45, 7) is 0. The quantitative estimate of drug-likeness (QED) is 0.675. The summed E-state index contributed by atoms with van der Waals surface area (Å²) >= 11 is 11.3. The van der Waals surface area contributed by atoms with Gasteiger partial charge in [0.15, 0.2) is 0 Å². The highest BCUT2D eigenvalue weighted by molar-refractivity contribution is 6.34. The van der Waals surface area contributed by atoms with Gasteiger partial charge in [0.05, 0.1) is 0 Å². The predicted octanol–water partition coefficient (Wildman–Crippen LogP) is 0.152. The van der Waals surface area contributed by atoms with Gasteiger partial charge in [-0.05, 0) is 18.2 Å². The number of primary amides is 2. The first-order valence-corrected chi connectivity index (χ1v) is 4.83. The summed E-state index contributed by atoms with van der Waals surface area (Å²) in [5.74, 6) is -2.59. The smallest absolute Gasteiger partial charge is 0.264 e. The molecule has 0 spiro atoms. The Morgan fingerprint density at radius 2 is 1.44 bits per heavy atom. The van der Waals surface area contributed by atoms with E-state index in [1.807, 2.05) is 0 Å². The molecule has 0 aromatic heterocycles. The first kappa shape index (κ1) is 12.8. The minimum atomic E-state index is -2.62. The molecule has 1 aromatic carbocycles. The van der Waals surface area contributed by atoms with Gasteiger partial charge in [-0.25, -0.2) is 0 Å². The summed E-state index contributed by atoms with van der Waals surface area (Å²) in [6.07, 6.45) is 0. The summed E-state index contributed by atoms with van der Waals surface area (Å²) in [4.78, 5) is 22.1. The highest BCUT2D eigenvalue weighted by Crippen LogP contribution is 2.27. The second-order valence-electron chi connectivity index (χ2n) is 3.10. The fourth-order valence-electron chi connectivity index (χ4n) is 1.17. The minimum Gasteiger partial charge on any atom is -0.368 e. The standard InChI is InChI=1S/C9H8Cl2N2O3/c10-5-1-4(2-6(11)3-5)9(16,7(12)14)8(13)15/h1-3,16H,(H2,12,14)(H2,13,15). The number of halogens is 2. The zero-order valence-electron chi connectivity index (χ0n) is 7.91. The van der Waals surface area contributed by atoms with Gasteiger partial charge in [0.25, 0.3) is 11.8 Å². The van der Waals surface area contributed by atoms with Crippen LogP contribution in [0, 0.1) is 0 Å². The van der Waals surface area contributed by atoms with E-state index in [1.165, 1.54) is 18.2 Å². The average molecular weight is 263 g/mol. The summed E-state index contributed by atoms with van der Waals surface area (Å²) in [6, 6.07) is 3.74. The Morgan fingerprint density at radius 3 is 1.75 bits per heavy atom. The second-order valence-corrected chi connectivity index (χ2v) is 3.97. The molecule has 5 nitrogen and oxygen atoms in total. The summed E-state index contributed by atoms with van der Waals surface area (Å²) in [7, 11) is 0. The first-order chi connectivity index (χ1) is 7.28. The zero-order valence-corrected chi connectivity index (χ0v) is 9.42. The third kappa shape index (κ3) is 2.11. The Balaban J connectivity index is 3.44. The molecule has 0 bridgehead atoms. The fourth-order valence-corrected chi connectivity index (χ4v) is 1.69. The monoisotopic (exact) mass is 262 g/mol. The van der Waals surface area contributed by atoms with Crippen LogP contribution in [0.1, 0.15) is 5.56 Å². The lowest BCUT2D eigenvalue weighted by atomic mass is 9.92. The van der Waals surface area contributed by atoms with Crippen LogP contribution in [0.4, 0.5) is 0 Å². The number of rotatable bonds is 3. The van der Waals surface area contributed by atoms with E-state index in [4.69, 9.17) is 34.7 Å². The highest BCUT2D eigenvalue weighted by Gasteiger charge is 2.43. The SMILES string of the molecule is NC(=O)C(O)(C(N)=O)c1cc(Cl)cc(Cl)c1. The minimum absolute atomic E-state index is 0.142. The molecule has 0 aliphatic rings. The molecule has 0 saturated heterocycles. The Bertz CT molecular complexity index is 428. The van der Waals surface area contributed by atoms with Crippen LogP contribution < -0.4 is 11.5 Å². The maximum Gasteiger partial charge on any atom is 0.264 e. The van der Waals surface area contributed by atoms with Crippen LogP contribution in [0.25, 0.3) is 0 Å². The third-order valence-corrected chi connectivity index (χ3v) is 2.43. The molecule has 0 saturated carbocycles. The lowest BCUT2D eigenvalue weighted by molar-refractivity contribution is -0.150. The molecule has 0 aliphatic carbocycles. The van der Waals surface area contributed by atoms with Gasteiger partial charge in [0.2, 0.25) is 5.60 Å². The van der Waals surface area contributed by atoms with E-state index in [2.05, 4.69) is 0 Å². The molecule has 0 heterocycles. The number of hydrogen-bond donors (Lipinski definition) is 3. The Morgan fingerprint density at radius 1 is 1.06 bits per heavy atom. The lowest BCUT2D eigenvalue weighted by Crippen LogP contribution is -2.51. The van der Waals surface area contributed by atoms with Crippen LogP contribution in [-0.2, 0) is 15.2 Å². The topological polar surface area (TPSA) is 106 Å². The number of carbonyl (C=O) groups excluding carboxylic acids is 2. The Labute approximate surface area is 101 Å². The largest absolute Gasteiger partial charge is 0.368 e. The van der Waals surface area contributed by atoms with Crippen molar-refractivity contribution in [2.45, 2.75) is 5.60 Å². The molecule has 0 radical (unpaired) electrons. The van der Waals surface area contributed by atoms with Crippen LogP contribution in [0.5, 0.6) is 0 Å². The predicted molar refractivity (Wildman–Crippen MR) is 58.7 cm³/mol. The highest BCUT2D eigenvalue weighted by atomic mass is 35.5. The number of carbonyl (C=O) groups is 2. The number of amides is 2. The summed E-state index contributed by atoms with van der Waals surface area (Å²) < 4.78 is 0. The van der Waals surface area contributed by atoms with Gasteiger partial charge in [-0.1, -0.05) is 23.2 Å². The maximum absolute atomic E-state index is 11.1. The Kier molecular flexibility index (Phi) is 3.42. The van der Waals surface area contributed by atoms with Crippen molar-refractivity contribution in [1.29, 1.82) is 0 Å². The van der Waals surface area contributed by atoms with E-state index >= 15 is 0 Å². The molecule has 0 unspecified atom stereocenters. The lowest BCUT2D eigenvalue weighted by Gasteiger charge is -2.21. The van der Waals surface area contributed by atoms with Crippen molar-refractivity contribution in [2.24, 2.45) is 11.5 Å². The molecular weight excluding hydrogens is 255 g/mol. The molecule has 86 valence electrons. The molecular formula is C9H8Cl2N2O3. The molecule has 2 amide bonds. The van der Waals surface area contributed by atoms with Gasteiger partial charge in [-0.3, -0.25) is 9.59 Å². The maximum atomic E-state index is 11.1. The van der Waals surface area contributed by atoms with E-state index in [1.54, 1.807) is 0 Å². The number of benzene rings is 1. The van der Waals surface area contributed by atoms with Crippen LogP contribution in [0.2, 0.25) is 10.0 Å². The van der Waals surface area contributed by atoms with E-state index in [9.17, 15) is 14.7 Å². The molecule has 0 fully saturated rings. The van der Waals surface area contributed by atoms with E-state index in [-0.39, 0.29) is 15.6 Å². The van der Waals surface area contributed by atoms with Gasteiger partial charge in [0.1, 0.15) is 0 Å².